The number of carbonyl (C=O) groups excluding carboxylic acids is 1. The van der Waals surface area contributed by atoms with Crippen LogP contribution in [0.5, 0.6) is 5.75 Å². The lowest BCUT2D eigenvalue weighted by atomic mass is 10.1. The molecule has 1 aromatic heterocycles. The Bertz CT molecular complexity index is 1330. The first-order valence-corrected chi connectivity index (χ1v) is 11.5. The number of aryl methyl sites for hydroxylation is 1. The van der Waals surface area contributed by atoms with Crippen LogP contribution in [0.1, 0.15) is 21.7 Å². The van der Waals surface area contributed by atoms with Gasteiger partial charge >= 0.3 is 0 Å². The number of nitrogens with zero attached hydrogens (tertiary/aromatic N) is 2. The van der Waals surface area contributed by atoms with Gasteiger partial charge in [-0.1, -0.05) is 23.7 Å². The number of hydrogen-bond acceptors (Lipinski definition) is 6. The largest absolute Gasteiger partial charge is 0.497 e. The Labute approximate surface area is 190 Å². The zero-order chi connectivity index (χ0) is 23.8. The molecular weight excluding hydrogens is 457 g/mol. The van der Waals surface area contributed by atoms with Gasteiger partial charge in [-0.05, 0) is 37.6 Å². The number of nitrogens with one attached hydrogen (secondary N) is 1. The van der Waals surface area contributed by atoms with Crippen LogP contribution in [-0.2, 0) is 16.9 Å². The van der Waals surface area contributed by atoms with Crippen LogP contribution in [0.4, 0.5) is 4.39 Å². The van der Waals surface area contributed by atoms with Crippen molar-refractivity contribution in [1.29, 1.82) is 5.41 Å². The molecule has 3 aromatic rings. The van der Waals surface area contributed by atoms with Gasteiger partial charge in [-0.3, -0.25) is 4.79 Å². The topological polar surface area (TPSA) is 102 Å². The van der Waals surface area contributed by atoms with Crippen molar-refractivity contribution in [3.63, 3.8) is 0 Å². The molecule has 0 fully saturated rings. The second kappa shape index (κ2) is 8.84. The number of halogens is 2. The number of rotatable bonds is 7. The van der Waals surface area contributed by atoms with E-state index in [-0.39, 0.29) is 32.7 Å². The molecule has 0 amide bonds. The molecule has 0 atom stereocenters. The van der Waals surface area contributed by atoms with Gasteiger partial charge in [-0.25, -0.2) is 17.8 Å². The minimum absolute atomic E-state index is 0.0441. The molecule has 0 unspecified atom stereocenters. The lowest BCUT2D eigenvalue weighted by Gasteiger charge is -2.09. The van der Waals surface area contributed by atoms with Crippen molar-refractivity contribution in [2.24, 2.45) is 7.05 Å². The van der Waals surface area contributed by atoms with Gasteiger partial charge in [0.15, 0.2) is 9.84 Å². The Morgan fingerprint density at radius 3 is 2.56 bits per heavy atom. The number of hydrogen-bond donors (Lipinski definition) is 1. The third kappa shape index (κ3) is 4.31. The second-order valence-corrected chi connectivity index (χ2v) is 9.59. The molecule has 3 rings (SSSR count). The number of imidazole rings is 1. The fraction of sp³-hybridized carbons (Fsp3) is 0.227. The highest BCUT2D eigenvalue weighted by molar-refractivity contribution is 7.92. The van der Waals surface area contributed by atoms with Crippen LogP contribution < -0.4 is 4.74 Å². The first-order valence-electron chi connectivity index (χ1n) is 9.45. The molecule has 0 spiro atoms. The van der Waals surface area contributed by atoms with Crippen LogP contribution in [0.15, 0.2) is 41.3 Å². The fourth-order valence-corrected chi connectivity index (χ4v) is 5.06. The standard InChI is InChI=1S/C22H21ClFN3O4S/c1-12-6-5-7-16(24)19(12)22-26-20(13(2)27(22)3)21(28)17(25)11-32(29,30)18-10-14(31-4)8-9-15(18)23/h5-10,25H,11H2,1-4H3. The molecule has 7 nitrogen and oxygen atoms in total. The Kier molecular flexibility index (Phi) is 6.52. The zero-order valence-electron chi connectivity index (χ0n) is 17.9. The first kappa shape index (κ1) is 23.6. The van der Waals surface area contributed by atoms with Crippen molar-refractivity contribution < 1.29 is 22.3 Å². The van der Waals surface area contributed by atoms with Crippen molar-refractivity contribution in [2.75, 3.05) is 12.9 Å². The average Bonchev–Trinajstić information content (AvgIpc) is 3.02. The maximum absolute atomic E-state index is 14.4. The summed E-state index contributed by atoms with van der Waals surface area (Å²) in [5.74, 6) is -1.74. The number of Topliss-reactive ketones (excluding diaryl/α,β-unsaturated/α-hetero) is 1. The number of aromatic nitrogens is 2. The van der Waals surface area contributed by atoms with Crippen molar-refractivity contribution >= 4 is 32.9 Å². The third-order valence-corrected chi connectivity index (χ3v) is 7.24. The summed E-state index contributed by atoms with van der Waals surface area (Å²) in [4.78, 5) is 17.0. The number of ketones is 1. The highest BCUT2D eigenvalue weighted by atomic mass is 35.5. The fourth-order valence-electron chi connectivity index (χ4n) is 3.26. The number of carbonyl (C=O) groups is 1. The van der Waals surface area contributed by atoms with Crippen LogP contribution in [-0.4, -0.2) is 42.3 Å². The van der Waals surface area contributed by atoms with Crippen LogP contribution in [0.25, 0.3) is 11.4 Å². The molecule has 1 N–H and O–H groups in total. The monoisotopic (exact) mass is 477 g/mol. The van der Waals surface area contributed by atoms with E-state index in [0.29, 0.717) is 11.3 Å². The average molecular weight is 478 g/mol. The van der Waals surface area contributed by atoms with Crippen molar-refractivity contribution in [1.82, 2.24) is 9.55 Å². The molecule has 32 heavy (non-hydrogen) atoms. The van der Waals surface area contributed by atoms with Crippen LogP contribution in [0.3, 0.4) is 0 Å². The van der Waals surface area contributed by atoms with Gasteiger partial charge in [0, 0.05) is 18.8 Å². The molecule has 0 aliphatic carbocycles. The zero-order valence-corrected chi connectivity index (χ0v) is 19.4. The van der Waals surface area contributed by atoms with Gasteiger partial charge in [0.25, 0.3) is 0 Å². The second-order valence-electron chi connectivity index (χ2n) is 7.22. The van der Waals surface area contributed by atoms with E-state index >= 15 is 0 Å². The molecule has 1 heterocycles. The maximum Gasteiger partial charge on any atom is 0.227 e. The van der Waals surface area contributed by atoms with Gasteiger partial charge < -0.3 is 14.7 Å². The maximum atomic E-state index is 14.4. The van der Waals surface area contributed by atoms with Crippen LogP contribution >= 0.6 is 11.6 Å². The van der Waals surface area contributed by atoms with E-state index in [9.17, 15) is 17.6 Å². The van der Waals surface area contributed by atoms with E-state index in [4.69, 9.17) is 21.7 Å². The summed E-state index contributed by atoms with van der Waals surface area (Å²) < 4.78 is 46.7. The predicted molar refractivity (Wildman–Crippen MR) is 120 cm³/mol. The Morgan fingerprint density at radius 1 is 1.25 bits per heavy atom. The Balaban J connectivity index is 1.96. The number of benzene rings is 2. The van der Waals surface area contributed by atoms with E-state index in [0.717, 1.165) is 0 Å². The van der Waals surface area contributed by atoms with Gasteiger partial charge in [-0.15, -0.1) is 0 Å². The molecule has 0 saturated carbocycles. The predicted octanol–water partition coefficient (Wildman–Crippen LogP) is 4.18. The van der Waals surface area contributed by atoms with E-state index < -0.39 is 32.9 Å². The molecule has 10 heteroatoms. The first-order chi connectivity index (χ1) is 15.0. The number of ether oxygens (including phenoxy) is 1. The SMILES string of the molecule is COc1ccc(Cl)c(S(=O)(=O)CC(=N)C(=O)c2nc(-c3c(C)cccc3F)n(C)c2C)c1. The van der Waals surface area contributed by atoms with E-state index in [1.54, 1.807) is 37.6 Å². The summed E-state index contributed by atoms with van der Waals surface area (Å²) >= 11 is 6.02. The lowest BCUT2D eigenvalue weighted by molar-refractivity contribution is 0.106. The van der Waals surface area contributed by atoms with E-state index in [1.807, 2.05) is 0 Å². The van der Waals surface area contributed by atoms with E-state index in [1.165, 1.54) is 31.4 Å². The molecule has 0 saturated heterocycles. The summed E-state index contributed by atoms with van der Waals surface area (Å²) in [5, 5.41) is 8.10. The summed E-state index contributed by atoms with van der Waals surface area (Å²) in [6.45, 7) is 3.32. The van der Waals surface area contributed by atoms with E-state index in [2.05, 4.69) is 4.98 Å². The number of sulfone groups is 1. The molecular formula is C22H21ClFN3O4S. The lowest BCUT2D eigenvalue weighted by Crippen LogP contribution is -2.24. The Morgan fingerprint density at radius 2 is 1.94 bits per heavy atom. The minimum Gasteiger partial charge on any atom is -0.497 e. The molecule has 168 valence electrons. The minimum atomic E-state index is -4.11. The Hall–Kier alpha value is -3.04. The molecule has 2 aromatic carbocycles. The highest BCUT2D eigenvalue weighted by Crippen LogP contribution is 2.29. The highest BCUT2D eigenvalue weighted by Gasteiger charge is 2.28. The quantitative estimate of drug-likeness (QED) is 0.406. The summed E-state index contributed by atoms with van der Waals surface area (Å²) in [6, 6.07) is 8.68. The summed E-state index contributed by atoms with van der Waals surface area (Å²) in [6.07, 6.45) is 0. The third-order valence-electron chi connectivity index (χ3n) is 5.12. The molecule has 0 aliphatic rings. The molecule has 0 bridgehead atoms. The van der Waals surface area contributed by atoms with Gasteiger partial charge in [0.05, 0.1) is 28.3 Å². The number of methoxy groups -OCH3 is 1. The summed E-state index contributed by atoms with van der Waals surface area (Å²) in [7, 11) is -1.11. The van der Waals surface area contributed by atoms with Crippen molar-refractivity contribution in [2.45, 2.75) is 18.7 Å². The summed E-state index contributed by atoms with van der Waals surface area (Å²) in [5.41, 5.74) is 0.458. The molecule has 0 aliphatic heterocycles. The van der Waals surface area contributed by atoms with Gasteiger partial charge in [0.1, 0.15) is 28.8 Å². The van der Waals surface area contributed by atoms with Crippen molar-refractivity contribution in [3.8, 4) is 17.1 Å². The smallest absolute Gasteiger partial charge is 0.227 e. The normalized spacial score (nSPS) is 11.4. The van der Waals surface area contributed by atoms with Crippen LogP contribution in [0.2, 0.25) is 5.02 Å². The van der Waals surface area contributed by atoms with Gasteiger partial charge in [0.2, 0.25) is 5.78 Å². The van der Waals surface area contributed by atoms with Crippen LogP contribution in [0, 0.1) is 25.1 Å². The van der Waals surface area contributed by atoms with Gasteiger partial charge in [-0.2, -0.15) is 0 Å². The molecule has 0 radical (unpaired) electrons. The van der Waals surface area contributed by atoms with Crippen molar-refractivity contribution in [3.05, 3.63) is 64.2 Å².